The molecule has 4 amide bonds. The van der Waals surface area contributed by atoms with Gasteiger partial charge in [-0.15, -0.1) is 0 Å². The Hall–Kier alpha value is -3.35. The highest BCUT2D eigenvalue weighted by molar-refractivity contribution is 6.03. The monoisotopic (exact) mass is 352 g/mol. The van der Waals surface area contributed by atoms with Crippen LogP contribution in [0.5, 0.6) is 0 Å². The zero-order valence-corrected chi connectivity index (χ0v) is 14.4. The molecular weight excluding hydrogens is 332 g/mol. The summed E-state index contributed by atoms with van der Waals surface area (Å²) in [6.07, 6.45) is 0.182. The minimum atomic E-state index is -0.651. The van der Waals surface area contributed by atoms with Crippen LogP contribution in [0.4, 0.5) is 21.9 Å². The molecule has 1 atom stereocenters. The first-order chi connectivity index (χ1) is 12.4. The Morgan fingerprint density at radius 3 is 2.15 bits per heavy atom. The molecule has 7 heteroatoms. The first-order valence-corrected chi connectivity index (χ1v) is 8.27. The van der Waals surface area contributed by atoms with E-state index in [2.05, 4.69) is 10.6 Å². The molecule has 0 spiro atoms. The number of carbonyl (C=O) groups excluding carboxylic acids is 3. The smallest absolute Gasteiger partial charge is 0.316 e. The predicted molar refractivity (Wildman–Crippen MR) is 99.9 cm³/mol. The number of hydrogen-bond acceptors (Lipinski definition) is 3. The molecule has 3 rings (SSSR count). The summed E-state index contributed by atoms with van der Waals surface area (Å²) in [6.45, 7) is 2.34. The average molecular weight is 352 g/mol. The standard InChI is InChI=1S/C19H20N4O3/c1-12-2-8-16(9-3-12)23-11-13(10-17(23)24)18(25)21-14-4-6-15(7-5-14)22-19(20)26/h2-9,13H,10-11H2,1H3,(H,21,25)(H3,20,22,26). The van der Waals surface area contributed by atoms with Gasteiger partial charge in [0.25, 0.3) is 0 Å². The van der Waals surface area contributed by atoms with E-state index < -0.39 is 11.9 Å². The molecule has 2 aromatic carbocycles. The van der Waals surface area contributed by atoms with Crippen LogP contribution in [-0.2, 0) is 9.59 Å². The van der Waals surface area contributed by atoms with Gasteiger partial charge in [0.15, 0.2) is 0 Å². The first-order valence-electron chi connectivity index (χ1n) is 8.27. The fraction of sp³-hybridized carbons (Fsp3) is 0.211. The van der Waals surface area contributed by atoms with Crippen LogP contribution in [0, 0.1) is 12.8 Å². The number of benzene rings is 2. The number of hydrogen-bond donors (Lipinski definition) is 3. The normalized spacial score (nSPS) is 16.4. The van der Waals surface area contributed by atoms with Gasteiger partial charge in [0.1, 0.15) is 0 Å². The lowest BCUT2D eigenvalue weighted by molar-refractivity contribution is -0.122. The van der Waals surface area contributed by atoms with E-state index in [1.165, 1.54) is 0 Å². The SMILES string of the molecule is Cc1ccc(N2CC(C(=O)Nc3ccc(NC(N)=O)cc3)CC2=O)cc1. The van der Waals surface area contributed by atoms with E-state index in [4.69, 9.17) is 5.73 Å². The number of carbonyl (C=O) groups is 3. The summed E-state index contributed by atoms with van der Waals surface area (Å²) in [5.41, 5.74) is 8.10. The second kappa shape index (κ2) is 7.26. The Bertz CT molecular complexity index is 831. The number of aryl methyl sites for hydroxylation is 1. The molecule has 2 aromatic rings. The van der Waals surface area contributed by atoms with Gasteiger partial charge in [-0.1, -0.05) is 17.7 Å². The van der Waals surface area contributed by atoms with Gasteiger partial charge < -0.3 is 21.3 Å². The molecule has 1 unspecified atom stereocenters. The molecule has 134 valence electrons. The van der Waals surface area contributed by atoms with Crippen molar-refractivity contribution >= 4 is 34.9 Å². The number of nitrogens with zero attached hydrogens (tertiary/aromatic N) is 1. The Morgan fingerprint density at radius 2 is 1.58 bits per heavy atom. The summed E-state index contributed by atoms with van der Waals surface area (Å²) >= 11 is 0. The van der Waals surface area contributed by atoms with Crippen molar-refractivity contribution in [3.63, 3.8) is 0 Å². The van der Waals surface area contributed by atoms with Crippen LogP contribution in [0.3, 0.4) is 0 Å². The number of nitrogens with two attached hydrogens (primary N) is 1. The summed E-state index contributed by atoms with van der Waals surface area (Å²) in [6, 6.07) is 13.6. The quantitative estimate of drug-likeness (QED) is 0.787. The van der Waals surface area contributed by atoms with Crippen LogP contribution in [0.2, 0.25) is 0 Å². The predicted octanol–water partition coefficient (Wildman–Crippen LogP) is 2.48. The Balaban J connectivity index is 1.62. The average Bonchev–Trinajstić information content (AvgIpc) is 2.99. The van der Waals surface area contributed by atoms with Crippen molar-refractivity contribution in [2.24, 2.45) is 11.7 Å². The topological polar surface area (TPSA) is 105 Å². The van der Waals surface area contributed by atoms with E-state index in [-0.39, 0.29) is 18.2 Å². The summed E-state index contributed by atoms with van der Waals surface area (Å²) in [7, 11) is 0. The van der Waals surface area contributed by atoms with Crippen molar-refractivity contribution in [3.05, 3.63) is 54.1 Å². The largest absolute Gasteiger partial charge is 0.351 e. The summed E-state index contributed by atoms with van der Waals surface area (Å²) in [5, 5.41) is 5.25. The highest BCUT2D eigenvalue weighted by Gasteiger charge is 2.35. The molecule has 0 saturated carbocycles. The van der Waals surface area contributed by atoms with E-state index in [0.717, 1.165) is 11.3 Å². The molecule has 4 N–H and O–H groups in total. The lowest BCUT2D eigenvalue weighted by atomic mass is 10.1. The maximum atomic E-state index is 12.5. The van der Waals surface area contributed by atoms with Gasteiger partial charge in [-0.3, -0.25) is 9.59 Å². The first kappa shape index (κ1) is 17.5. The van der Waals surface area contributed by atoms with Crippen molar-refractivity contribution in [1.29, 1.82) is 0 Å². The molecule has 26 heavy (non-hydrogen) atoms. The van der Waals surface area contributed by atoms with Crippen LogP contribution in [0.25, 0.3) is 0 Å². The zero-order valence-electron chi connectivity index (χ0n) is 14.4. The van der Waals surface area contributed by atoms with Gasteiger partial charge >= 0.3 is 6.03 Å². The molecule has 7 nitrogen and oxygen atoms in total. The van der Waals surface area contributed by atoms with Crippen LogP contribution in [-0.4, -0.2) is 24.4 Å². The Labute approximate surface area is 151 Å². The molecule has 1 fully saturated rings. The van der Waals surface area contributed by atoms with E-state index >= 15 is 0 Å². The van der Waals surface area contributed by atoms with Crippen LogP contribution in [0.15, 0.2) is 48.5 Å². The third-order valence-corrected chi connectivity index (χ3v) is 4.26. The van der Waals surface area contributed by atoms with Gasteiger partial charge in [0.2, 0.25) is 11.8 Å². The van der Waals surface area contributed by atoms with E-state index in [1.807, 2.05) is 31.2 Å². The number of amides is 4. The Morgan fingerprint density at radius 1 is 1.00 bits per heavy atom. The third kappa shape index (κ3) is 4.00. The van der Waals surface area contributed by atoms with Crippen molar-refractivity contribution < 1.29 is 14.4 Å². The summed E-state index contributed by atoms with van der Waals surface area (Å²) in [4.78, 5) is 37.2. The molecular formula is C19H20N4O3. The summed E-state index contributed by atoms with van der Waals surface area (Å²) in [5.74, 6) is -0.675. The van der Waals surface area contributed by atoms with Crippen molar-refractivity contribution in [1.82, 2.24) is 0 Å². The maximum Gasteiger partial charge on any atom is 0.316 e. The van der Waals surface area contributed by atoms with Crippen LogP contribution >= 0.6 is 0 Å². The van der Waals surface area contributed by atoms with Gasteiger partial charge in [-0.2, -0.15) is 0 Å². The highest BCUT2D eigenvalue weighted by Crippen LogP contribution is 2.26. The van der Waals surface area contributed by atoms with Gasteiger partial charge in [-0.25, -0.2) is 4.79 Å². The van der Waals surface area contributed by atoms with Crippen LogP contribution < -0.4 is 21.3 Å². The fourth-order valence-corrected chi connectivity index (χ4v) is 2.88. The van der Waals surface area contributed by atoms with Crippen molar-refractivity contribution in [2.45, 2.75) is 13.3 Å². The molecule has 1 aliphatic rings. The van der Waals surface area contributed by atoms with E-state index in [1.54, 1.807) is 29.2 Å². The summed E-state index contributed by atoms with van der Waals surface area (Å²) < 4.78 is 0. The number of urea groups is 1. The minimum Gasteiger partial charge on any atom is -0.351 e. The second-order valence-corrected chi connectivity index (χ2v) is 6.30. The molecule has 1 saturated heterocycles. The van der Waals surface area contributed by atoms with E-state index in [0.29, 0.717) is 17.9 Å². The lowest BCUT2D eigenvalue weighted by Crippen LogP contribution is -2.28. The fourth-order valence-electron chi connectivity index (χ4n) is 2.88. The number of rotatable bonds is 4. The third-order valence-electron chi connectivity index (χ3n) is 4.26. The zero-order chi connectivity index (χ0) is 18.7. The molecule has 0 aliphatic carbocycles. The van der Waals surface area contributed by atoms with E-state index in [9.17, 15) is 14.4 Å². The van der Waals surface area contributed by atoms with Crippen LogP contribution in [0.1, 0.15) is 12.0 Å². The van der Waals surface area contributed by atoms with Gasteiger partial charge in [0.05, 0.1) is 5.92 Å². The molecule has 0 radical (unpaired) electrons. The van der Waals surface area contributed by atoms with Crippen molar-refractivity contribution in [3.8, 4) is 0 Å². The number of anilines is 3. The lowest BCUT2D eigenvalue weighted by Gasteiger charge is -2.17. The highest BCUT2D eigenvalue weighted by atomic mass is 16.2. The molecule has 1 heterocycles. The minimum absolute atomic E-state index is 0.0602. The van der Waals surface area contributed by atoms with Crippen molar-refractivity contribution in [2.75, 3.05) is 22.1 Å². The second-order valence-electron chi connectivity index (χ2n) is 6.30. The number of nitrogens with one attached hydrogen (secondary N) is 2. The van der Waals surface area contributed by atoms with Gasteiger partial charge in [-0.05, 0) is 43.3 Å². The maximum absolute atomic E-state index is 12.5. The Kier molecular flexibility index (Phi) is 4.88. The van der Waals surface area contributed by atoms with Gasteiger partial charge in [0, 0.05) is 30.0 Å². The number of primary amides is 1. The molecule has 0 bridgehead atoms. The molecule has 0 aromatic heterocycles. The molecule has 1 aliphatic heterocycles.